The van der Waals surface area contributed by atoms with E-state index in [4.69, 9.17) is 15.4 Å². The van der Waals surface area contributed by atoms with Crippen molar-refractivity contribution < 1.29 is 14.4 Å². The molecular formula is C10H15N3O3. The van der Waals surface area contributed by atoms with Gasteiger partial charge in [0.1, 0.15) is 5.76 Å². The van der Waals surface area contributed by atoms with Crippen molar-refractivity contribution in [3.05, 3.63) is 23.7 Å². The van der Waals surface area contributed by atoms with E-state index in [-0.39, 0.29) is 11.6 Å². The number of nitrogens with one attached hydrogen (secondary N) is 1. The maximum atomic E-state index is 11.7. The number of amidine groups is 1. The first-order valence-corrected chi connectivity index (χ1v) is 4.74. The van der Waals surface area contributed by atoms with Gasteiger partial charge in [0.05, 0.1) is 5.54 Å². The van der Waals surface area contributed by atoms with Crippen LogP contribution < -0.4 is 11.1 Å². The van der Waals surface area contributed by atoms with Gasteiger partial charge in [0.15, 0.2) is 11.6 Å². The Labute approximate surface area is 93.1 Å². The third-order valence-corrected chi connectivity index (χ3v) is 2.14. The molecule has 0 spiro atoms. The van der Waals surface area contributed by atoms with Crippen LogP contribution in [-0.2, 0) is 0 Å². The zero-order chi connectivity index (χ0) is 12.3. The Morgan fingerprint density at radius 1 is 1.56 bits per heavy atom. The molecule has 1 rings (SSSR count). The van der Waals surface area contributed by atoms with Crippen molar-refractivity contribution in [2.45, 2.75) is 26.3 Å². The van der Waals surface area contributed by atoms with Crippen LogP contribution in [0.2, 0.25) is 0 Å². The smallest absolute Gasteiger partial charge is 0.287 e. The number of hydrogen-bond donors (Lipinski definition) is 3. The van der Waals surface area contributed by atoms with Crippen LogP contribution in [0.15, 0.2) is 21.7 Å². The molecule has 0 fully saturated rings. The number of nitrogens with two attached hydrogens (primary N) is 1. The lowest BCUT2D eigenvalue weighted by Crippen LogP contribution is -2.53. The van der Waals surface area contributed by atoms with Crippen LogP contribution in [0, 0.1) is 6.92 Å². The zero-order valence-corrected chi connectivity index (χ0v) is 9.44. The Bertz CT molecular complexity index is 421. The molecule has 88 valence electrons. The van der Waals surface area contributed by atoms with E-state index in [0.29, 0.717) is 5.76 Å². The zero-order valence-electron chi connectivity index (χ0n) is 9.44. The molecule has 4 N–H and O–H groups in total. The first-order valence-electron chi connectivity index (χ1n) is 4.74. The van der Waals surface area contributed by atoms with Gasteiger partial charge in [0, 0.05) is 0 Å². The van der Waals surface area contributed by atoms with Crippen molar-refractivity contribution in [3.8, 4) is 0 Å². The first-order chi connectivity index (χ1) is 7.36. The highest BCUT2D eigenvalue weighted by Crippen LogP contribution is 2.09. The molecule has 6 nitrogen and oxygen atoms in total. The second kappa shape index (κ2) is 4.26. The van der Waals surface area contributed by atoms with Crippen LogP contribution in [0.3, 0.4) is 0 Å². The minimum atomic E-state index is -0.938. The van der Waals surface area contributed by atoms with Gasteiger partial charge < -0.3 is 20.7 Å². The monoisotopic (exact) mass is 225 g/mol. The molecule has 16 heavy (non-hydrogen) atoms. The molecule has 0 aliphatic rings. The highest BCUT2D eigenvalue weighted by Gasteiger charge is 2.27. The van der Waals surface area contributed by atoms with Gasteiger partial charge in [-0.3, -0.25) is 4.79 Å². The summed E-state index contributed by atoms with van der Waals surface area (Å²) in [6.45, 7) is 4.98. The van der Waals surface area contributed by atoms with E-state index in [1.54, 1.807) is 32.9 Å². The van der Waals surface area contributed by atoms with E-state index < -0.39 is 11.4 Å². The number of amides is 1. The fourth-order valence-electron chi connectivity index (χ4n) is 1.09. The lowest BCUT2D eigenvalue weighted by Gasteiger charge is -2.23. The van der Waals surface area contributed by atoms with E-state index in [1.807, 2.05) is 0 Å². The maximum Gasteiger partial charge on any atom is 0.287 e. The van der Waals surface area contributed by atoms with Crippen molar-refractivity contribution in [2.24, 2.45) is 10.9 Å². The predicted molar refractivity (Wildman–Crippen MR) is 58.4 cm³/mol. The SMILES string of the molecule is Cc1ccc(C(=O)NC(C)(C)/C(N)=N/O)o1. The van der Waals surface area contributed by atoms with Crippen molar-refractivity contribution in [1.29, 1.82) is 0 Å². The summed E-state index contributed by atoms with van der Waals surface area (Å²) in [5, 5.41) is 14.0. The number of oxime groups is 1. The largest absolute Gasteiger partial charge is 0.456 e. The Morgan fingerprint density at radius 3 is 2.62 bits per heavy atom. The summed E-state index contributed by atoms with van der Waals surface area (Å²) in [5.41, 5.74) is 4.50. The summed E-state index contributed by atoms with van der Waals surface area (Å²) >= 11 is 0. The molecule has 1 aromatic rings. The molecule has 1 aromatic heterocycles. The second-order valence-electron chi connectivity index (χ2n) is 3.97. The van der Waals surface area contributed by atoms with Crippen LogP contribution >= 0.6 is 0 Å². The fourth-order valence-corrected chi connectivity index (χ4v) is 1.09. The summed E-state index contributed by atoms with van der Waals surface area (Å²) in [6, 6.07) is 3.25. The normalized spacial score (nSPS) is 12.6. The predicted octanol–water partition coefficient (Wildman–Crippen LogP) is 0.843. The number of aryl methyl sites for hydroxylation is 1. The van der Waals surface area contributed by atoms with Crippen molar-refractivity contribution >= 4 is 11.7 Å². The molecule has 0 atom stereocenters. The van der Waals surface area contributed by atoms with Crippen LogP contribution in [-0.4, -0.2) is 22.5 Å². The van der Waals surface area contributed by atoms with Crippen LogP contribution in [0.1, 0.15) is 30.2 Å². The first kappa shape index (κ1) is 12.1. The summed E-state index contributed by atoms with van der Waals surface area (Å²) < 4.78 is 5.15. The molecule has 0 saturated carbocycles. The fraction of sp³-hybridized carbons (Fsp3) is 0.400. The highest BCUT2D eigenvalue weighted by molar-refractivity contribution is 5.98. The third-order valence-electron chi connectivity index (χ3n) is 2.14. The summed E-state index contributed by atoms with van der Waals surface area (Å²) in [6.07, 6.45) is 0. The van der Waals surface area contributed by atoms with Crippen LogP contribution in [0.4, 0.5) is 0 Å². The molecule has 1 heterocycles. The highest BCUT2D eigenvalue weighted by atomic mass is 16.4. The molecule has 0 unspecified atom stereocenters. The Hall–Kier alpha value is -1.98. The number of rotatable bonds is 3. The minimum Gasteiger partial charge on any atom is -0.456 e. The van der Waals surface area contributed by atoms with Gasteiger partial charge >= 0.3 is 0 Å². The van der Waals surface area contributed by atoms with Crippen molar-refractivity contribution in [1.82, 2.24) is 5.32 Å². The number of nitrogens with zero attached hydrogens (tertiary/aromatic N) is 1. The Balaban J connectivity index is 2.79. The summed E-state index contributed by atoms with van der Waals surface area (Å²) in [4.78, 5) is 11.7. The van der Waals surface area contributed by atoms with E-state index >= 15 is 0 Å². The lowest BCUT2D eigenvalue weighted by atomic mass is 10.0. The van der Waals surface area contributed by atoms with E-state index in [0.717, 1.165) is 0 Å². The van der Waals surface area contributed by atoms with Gasteiger partial charge in [-0.15, -0.1) is 0 Å². The van der Waals surface area contributed by atoms with Gasteiger partial charge in [0.25, 0.3) is 5.91 Å². The lowest BCUT2D eigenvalue weighted by molar-refractivity contribution is 0.0901. The summed E-state index contributed by atoms with van der Waals surface area (Å²) in [7, 11) is 0. The van der Waals surface area contributed by atoms with E-state index in [9.17, 15) is 4.79 Å². The summed E-state index contributed by atoms with van der Waals surface area (Å²) in [5.74, 6) is 0.344. The van der Waals surface area contributed by atoms with Gasteiger partial charge in [-0.25, -0.2) is 0 Å². The number of hydrogen-bond acceptors (Lipinski definition) is 4. The topological polar surface area (TPSA) is 101 Å². The third kappa shape index (κ3) is 2.53. The van der Waals surface area contributed by atoms with Gasteiger partial charge in [-0.1, -0.05) is 5.16 Å². The molecule has 0 saturated heterocycles. The van der Waals surface area contributed by atoms with Crippen LogP contribution in [0.25, 0.3) is 0 Å². The Morgan fingerprint density at radius 2 is 2.19 bits per heavy atom. The number of carbonyl (C=O) groups excluding carboxylic acids is 1. The molecule has 0 aliphatic heterocycles. The molecule has 0 radical (unpaired) electrons. The average Bonchev–Trinajstić information content (AvgIpc) is 2.63. The number of carbonyl (C=O) groups is 1. The van der Waals surface area contributed by atoms with Crippen molar-refractivity contribution in [2.75, 3.05) is 0 Å². The minimum absolute atomic E-state index is 0.0795. The molecular weight excluding hydrogens is 210 g/mol. The molecule has 0 aromatic carbocycles. The van der Waals surface area contributed by atoms with Crippen molar-refractivity contribution in [3.63, 3.8) is 0 Å². The van der Waals surface area contributed by atoms with Crippen LogP contribution in [0.5, 0.6) is 0 Å². The second-order valence-corrected chi connectivity index (χ2v) is 3.97. The molecule has 0 bridgehead atoms. The molecule has 6 heteroatoms. The van der Waals surface area contributed by atoms with E-state index in [2.05, 4.69) is 10.5 Å². The van der Waals surface area contributed by atoms with E-state index in [1.165, 1.54) is 0 Å². The number of furan rings is 1. The quantitative estimate of drug-likeness (QED) is 0.307. The maximum absolute atomic E-state index is 11.7. The molecule has 1 amide bonds. The molecule has 0 aliphatic carbocycles. The standard InChI is InChI=1S/C10H15N3O3/c1-6-4-5-7(16-6)8(14)12-10(2,3)9(11)13-15/h4-5,15H,1-3H3,(H2,11,13)(H,12,14). The van der Waals surface area contributed by atoms with Gasteiger partial charge in [-0.05, 0) is 32.9 Å². The van der Waals surface area contributed by atoms with Gasteiger partial charge in [0.2, 0.25) is 0 Å². The Kier molecular flexibility index (Phi) is 3.22. The van der Waals surface area contributed by atoms with Gasteiger partial charge in [-0.2, -0.15) is 0 Å². The average molecular weight is 225 g/mol.